The van der Waals surface area contributed by atoms with E-state index in [4.69, 9.17) is 9.84 Å². The van der Waals surface area contributed by atoms with Crippen LogP contribution in [0.25, 0.3) is 0 Å². The summed E-state index contributed by atoms with van der Waals surface area (Å²) in [6, 6.07) is 2.05. The van der Waals surface area contributed by atoms with Crippen LogP contribution in [0.4, 0.5) is 4.39 Å². The van der Waals surface area contributed by atoms with Crippen molar-refractivity contribution in [2.75, 3.05) is 26.2 Å². The number of rotatable bonds is 5. The highest BCUT2D eigenvalue weighted by Gasteiger charge is 2.85. The van der Waals surface area contributed by atoms with Gasteiger partial charge in [-0.3, -0.25) is 30.3 Å². The maximum absolute atomic E-state index is 15.2. The molecule has 4 N–H and O–H groups in total. The molecule has 8 unspecified atom stereocenters. The number of halogens is 1. The van der Waals surface area contributed by atoms with Gasteiger partial charge in [0, 0.05) is 43.4 Å². The molecule has 42 heavy (non-hydrogen) atoms. The minimum atomic E-state index is -0.807. The molecule has 2 spiro atoms. The Balaban J connectivity index is 0.936. The van der Waals surface area contributed by atoms with E-state index in [2.05, 4.69) is 50.3 Å². The van der Waals surface area contributed by atoms with Crippen molar-refractivity contribution >= 4 is 11.9 Å². The number of piperidine rings is 2. The molecule has 8 rings (SSSR count). The summed E-state index contributed by atoms with van der Waals surface area (Å²) in [5.41, 5.74) is 1.52. The van der Waals surface area contributed by atoms with Crippen molar-refractivity contribution < 1.29 is 9.13 Å². The standard InChI is InChI=1S/C32H52FN7OS/c1-30(2)17-21-16-23(33)19-34-25-4-3-5-28(36-25)42-35-18-22-6-7-26(37-29(22)39(30)20-21)40-14-8-27(38-40)41-15-9-24-31(10-11-31)32(24)12-13-32/h8,14,21-26,28-29,34-37H,3-7,9-13,15-20H2,1-2H3. The van der Waals surface area contributed by atoms with Gasteiger partial charge in [0.25, 0.3) is 0 Å². The summed E-state index contributed by atoms with van der Waals surface area (Å²) < 4.78 is 27.3. The molecule has 7 fully saturated rings. The fraction of sp³-hybridized carbons (Fsp3) is 0.906. The van der Waals surface area contributed by atoms with Crippen LogP contribution in [0.15, 0.2) is 12.3 Å². The zero-order valence-corrected chi connectivity index (χ0v) is 26.4. The van der Waals surface area contributed by atoms with E-state index in [-0.39, 0.29) is 24.0 Å². The number of ether oxygens (including phenoxy) is 1. The minimum Gasteiger partial charge on any atom is -0.477 e. The summed E-state index contributed by atoms with van der Waals surface area (Å²) in [6.07, 6.45) is 16.2. The molecule has 3 aliphatic carbocycles. The smallest absolute Gasteiger partial charge is 0.232 e. The quantitative estimate of drug-likeness (QED) is 0.360. The number of nitrogens with zero attached hydrogens (tertiary/aromatic N) is 3. The van der Waals surface area contributed by atoms with E-state index in [0.29, 0.717) is 30.2 Å². The largest absolute Gasteiger partial charge is 0.477 e. The maximum atomic E-state index is 15.2. The summed E-state index contributed by atoms with van der Waals surface area (Å²) in [5, 5.41) is 16.5. The molecule has 4 saturated heterocycles. The van der Waals surface area contributed by atoms with Crippen LogP contribution in [0.3, 0.4) is 0 Å². The van der Waals surface area contributed by atoms with Gasteiger partial charge in [-0.05, 0) is 114 Å². The molecule has 0 amide bonds. The van der Waals surface area contributed by atoms with Crippen molar-refractivity contribution in [3.05, 3.63) is 12.3 Å². The first-order valence-electron chi connectivity index (χ1n) is 17.1. The van der Waals surface area contributed by atoms with Crippen LogP contribution in [-0.2, 0) is 0 Å². The first-order chi connectivity index (χ1) is 20.4. The second kappa shape index (κ2) is 10.9. The third-order valence-electron chi connectivity index (χ3n) is 12.4. The molecule has 234 valence electrons. The predicted molar refractivity (Wildman–Crippen MR) is 164 cm³/mol. The minimum absolute atomic E-state index is 0.0247. The molecule has 10 heteroatoms. The Kier molecular flexibility index (Phi) is 7.39. The number of hydrogen-bond donors (Lipinski definition) is 4. The molecule has 3 saturated carbocycles. The highest BCUT2D eigenvalue weighted by atomic mass is 32.2. The van der Waals surface area contributed by atoms with Gasteiger partial charge in [-0.25, -0.2) is 4.39 Å². The topological polar surface area (TPSA) is 78.4 Å². The predicted octanol–water partition coefficient (Wildman–Crippen LogP) is 4.76. The van der Waals surface area contributed by atoms with Gasteiger partial charge in [0.15, 0.2) is 0 Å². The van der Waals surface area contributed by atoms with Crippen molar-refractivity contribution in [1.29, 1.82) is 0 Å². The van der Waals surface area contributed by atoms with Gasteiger partial charge in [0.2, 0.25) is 5.88 Å². The van der Waals surface area contributed by atoms with Gasteiger partial charge in [-0.2, -0.15) is 0 Å². The Bertz CT molecular complexity index is 1110. The zero-order valence-electron chi connectivity index (χ0n) is 25.6. The number of fused-ring (bicyclic) bond motifs is 7. The molecule has 8 nitrogen and oxygen atoms in total. The first kappa shape index (κ1) is 28.6. The molecular formula is C32H52FN7OS. The first-order valence-corrected chi connectivity index (χ1v) is 18.0. The summed E-state index contributed by atoms with van der Waals surface area (Å²) in [7, 11) is 0. The third-order valence-corrected chi connectivity index (χ3v) is 13.4. The zero-order chi connectivity index (χ0) is 28.5. The number of alkyl halides is 1. The van der Waals surface area contributed by atoms with E-state index in [0.717, 1.165) is 74.4 Å². The van der Waals surface area contributed by atoms with Crippen LogP contribution in [0, 0.1) is 28.6 Å². The molecule has 1 aromatic rings. The molecule has 8 atom stereocenters. The molecule has 7 aliphatic rings. The Hall–Kier alpha value is -0.910. The van der Waals surface area contributed by atoms with Crippen LogP contribution in [0.2, 0.25) is 0 Å². The van der Waals surface area contributed by atoms with E-state index in [9.17, 15) is 0 Å². The van der Waals surface area contributed by atoms with Crippen LogP contribution in [-0.4, -0.2) is 70.3 Å². The van der Waals surface area contributed by atoms with Crippen LogP contribution in [0.5, 0.6) is 5.88 Å². The summed E-state index contributed by atoms with van der Waals surface area (Å²) in [5.74, 6) is 2.53. The van der Waals surface area contributed by atoms with Crippen molar-refractivity contribution in [1.82, 2.24) is 35.4 Å². The molecule has 4 bridgehead atoms. The van der Waals surface area contributed by atoms with Gasteiger partial charge in [0.05, 0.1) is 24.3 Å². The lowest BCUT2D eigenvalue weighted by molar-refractivity contribution is 0.00904. The van der Waals surface area contributed by atoms with Crippen LogP contribution in [0.1, 0.15) is 97.1 Å². The van der Waals surface area contributed by atoms with Crippen molar-refractivity contribution in [2.24, 2.45) is 28.6 Å². The van der Waals surface area contributed by atoms with Crippen molar-refractivity contribution in [3.8, 4) is 5.88 Å². The lowest BCUT2D eigenvalue weighted by Crippen LogP contribution is -2.60. The molecular weight excluding hydrogens is 549 g/mol. The monoisotopic (exact) mass is 601 g/mol. The summed E-state index contributed by atoms with van der Waals surface area (Å²) in [6.45, 7) is 7.87. The summed E-state index contributed by atoms with van der Waals surface area (Å²) in [4.78, 5) is 2.66. The van der Waals surface area contributed by atoms with Crippen LogP contribution >= 0.6 is 11.9 Å². The molecule has 1 aromatic heterocycles. The van der Waals surface area contributed by atoms with Crippen LogP contribution < -0.4 is 25.4 Å². The Morgan fingerprint density at radius 3 is 2.71 bits per heavy atom. The van der Waals surface area contributed by atoms with Gasteiger partial charge in [0.1, 0.15) is 12.3 Å². The fourth-order valence-corrected chi connectivity index (χ4v) is 11.1. The lowest BCUT2D eigenvalue weighted by Gasteiger charge is -2.47. The normalized spacial score (nSPS) is 42.0. The average molecular weight is 602 g/mol. The van der Waals surface area contributed by atoms with Gasteiger partial charge >= 0.3 is 0 Å². The third kappa shape index (κ3) is 5.23. The van der Waals surface area contributed by atoms with Gasteiger partial charge < -0.3 is 4.74 Å². The SMILES string of the molecule is CC1(C)CC2CC(F)CNC3CCCC(N3)SNCC3CCC(n4ccc(OCCC5C6(CC6)C56CC6)n4)NC3N1C2. The molecule has 0 aromatic carbocycles. The van der Waals surface area contributed by atoms with E-state index < -0.39 is 6.17 Å². The maximum Gasteiger partial charge on any atom is 0.232 e. The van der Waals surface area contributed by atoms with E-state index >= 15 is 4.39 Å². The average Bonchev–Trinajstić information content (AvgIpc) is 3.92. The lowest BCUT2D eigenvalue weighted by atomic mass is 9.90. The van der Waals surface area contributed by atoms with Gasteiger partial charge in [-0.15, -0.1) is 5.10 Å². The van der Waals surface area contributed by atoms with E-state index in [1.54, 1.807) is 0 Å². The molecule has 5 heterocycles. The second-order valence-corrected chi connectivity index (χ2v) is 16.6. The van der Waals surface area contributed by atoms with Gasteiger partial charge in [-0.1, -0.05) is 11.9 Å². The number of aromatic nitrogens is 2. The highest BCUT2D eigenvalue weighted by Crippen LogP contribution is 2.93. The Morgan fingerprint density at radius 1 is 1.07 bits per heavy atom. The van der Waals surface area contributed by atoms with Crippen molar-refractivity contribution in [3.63, 3.8) is 0 Å². The summed E-state index contributed by atoms with van der Waals surface area (Å²) >= 11 is 1.83. The fourth-order valence-electron chi connectivity index (χ4n) is 10.1. The van der Waals surface area contributed by atoms with E-state index in [1.807, 2.05) is 18.0 Å². The van der Waals surface area contributed by atoms with E-state index in [1.165, 1.54) is 38.5 Å². The number of nitrogens with one attached hydrogen (secondary N) is 4. The Labute approximate surface area is 255 Å². The van der Waals surface area contributed by atoms with Crippen molar-refractivity contribution in [2.45, 2.75) is 126 Å². The molecule has 4 aliphatic heterocycles. The second-order valence-electron chi connectivity index (χ2n) is 15.5. The molecule has 0 radical (unpaired) electrons. The number of hydrogen-bond acceptors (Lipinski definition) is 8. The Morgan fingerprint density at radius 2 is 1.90 bits per heavy atom. The highest BCUT2D eigenvalue weighted by molar-refractivity contribution is 7.98.